The fourth-order valence-corrected chi connectivity index (χ4v) is 4.02. The van der Waals surface area contributed by atoms with Crippen LogP contribution in [-0.2, 0) is 4.74 Å². The van der Waals surface area contributed by atoms with Gasteiger partial charge in [0.15, 0.2) is 0 Å². The summed E-state index contributed by atoms with van der Waals surface area (Å²) in [5.41, 5.74) is 4.69. The molecule has 6 nitrogen and oxygen atoms in total. The van der Waals surface area contributed by atoms with Gasteiger partial charge < -0.3 is 25.0 Å². The van der Waals surface area contributed by atoms with Crippen LogP contribution in [0.4, 0.5) is 13.6 Å². The van der Waals surface area contributed by atoms with E-state index in [1.807, 2.05) is 48.5 Å². The standard InChI is InChI=1S/C25H23F2NO5/c26-24(27)33-16-11-9-15(10-12-16)23(30)22(29)13-28-25(31)32-14-21-19-7-3-1-5-17(19)18-6-2-4-8-20(18)21/h1-12,21-24,29-30H,13-14H2,(H,28,31). The third-order valence-electron chi connectivity index (χ3n) is 5.61. The molecule has 3 N–H and O–H groups in total. The Kier molecular flexibility index (Phi) is 6.86. The van der Waals surface area contributed by atoms with E-state index in [9.17, 15) is 23.8 Å². The van der Waals surface area contributed by atoms with Crippen molar-refractivity contribution in [3.8, 4) is 16.9 Å². The minimum absolute atomic E-state index is 0.0628. The quantitative estimate of drug-likeness (QED) is 0.473. The number of aliphatic hydroxyl groups excluding tert-OH is 2. The number of alkyl halides is 2. The van der Waals surface area contributed by atoms with Gasteiger partial charge in [-0.3, -0.25) is 0 Å². The largest absolute Gasteiger partial charge is 0.449 e. The summed E-state index contributed by atoms with van der Waals surface area (Å²) < 4.78 is 34.1. The van der Waals surface area contributed by atoms with E-state index in [0.29, 0.717) is 5.56 Å². The molecule has 2 atom stereocenters. The summed E-state index contributed by atoms with van der Waals surface area (Å²) in [6.45, 7) is -3.08. The maximum Gasteiger partial charge on any atom is 0.407 e. The normalized spacial score (nSPS) is 14.3. The first-order chi connectivity index (χ1) is 15.9. The lowest BCUT2D eigenvalue weighted by Crippen LogP contribution is -2.36. The van der Waals surface area contributed by atoms with Gasteiger partial charge in [-0.15, -0.1) is 0 Å². The van der Waals surface area contributed by atoms with Gasteiger partial charge in [0.25, 0.3) is 0 Å². The molecule has 3 aromatic carbocycles. The second-order valence-corrected chi connectivity index (χ2v) is 7.67. The molecule has 0 fully saturated rings. The van der Waals surface area contributed by atoms with Crippen molar-refractivity contribution in [3.63, 3.8) is 0 Å². The molecule has 0 saturated carbocycles. The Morgan fingerprint density at radius 2 is 1.48 bits per heavy atom. The van der Waals surface area contributed by atoms with Gasteiger partial charge in [0.05, 0.1) is 0 Å². The van der Waals surface area contributed by atoms with Gasteiger partial charge >= 0.3 is 12.7 Å². The van der Waals surface area contributed by atoms with Crippen LogP contribution >= 0.6 is 0 Å². The minimum atomic E-state index is -2.95. The van der Waals surface area contributed by atoms with Crippen molar-refractivity contribution in [3.05, 3.63) is 89.5 Å². The molecule has 1 amide bonds. The highest BCUT2D eigenvalue weighted by Gasteiger charge is 2.29. The van der Waals surface area contributed by atoms with Crippen molar-refractivity contribution in [2.75, 3.05) is 13.2 Å². The second kappa shape index (κ2) is 9.97. The molecule has 1 aliphatic carbocycles. The van der Waals surface area contributed by atoms with Crippen molar-refractivity contribution in [2.45, 2.75) is 24.7 Å². The number of halogens is 2. The zero-order valence-corrected chi connectivity index (χ0v) is 17.5. The number of hydrogen-bond acceptors (Lipinski definition) is 5. The van der Waals surface area contributed by atoms with Gasteiger partial charge in [-0.05, 0) is 39.9 Å². The highest BCUT2D eigenvalue weighted by atomic mass is 19.3. The predicted octanol–water partition coefficient (Wildman–Crippen LogP) is 4.22. The number of benzene rings is 3. The molecule has 0 spiro atoms. The number of nitrogens with one attached hydrogen (secondary N) is 1. The van der Waals surface area contributed by atoms with Gasteiger partial charge in [-0.25, -0.2) is 4.79 Å². The average molecular weight is 455 g/mol. The third kappa shape index (κ3) is 5.13. The summed E-state index contributed by atoms with van der Waals surface area (Å²) in [6, 6.07) is 21.2. The molecule has 172 valence electrons. The molecule has 8 heteroatoms. The topological polar surface area (TPSA) is 88.0 Å². The number of fused-ring (bicyclic) bond motifs is 3. The van der Waals surface area contributed by atoms with E-state index in [1.165, 1.54) is 24.3 Å². The maximum absolute atomic E-state index is 12.2. The molecule has 0 radical (unpaired) electrons. The lowest BCUT2D eigenvalue weighted by atomic mass is 9.98. The molecule has 3 aromatic rings. The van der Waals surface area contributed by atoms with Crippen LogP contribution in [0.2, 0.25) is 0 Å². The number of alkyl carbamates (subject to hydrolysis) is 1. The fourth-order valence-electron chi connectivity index (χ4n) is 4.02. The molecule has 0 aromatic heterocycles. The Morgan fingerprint density at radius 3 is 2.06 bits per heavy atom. The fraction of sp³-hybridized carbons (Fsp3) is 0.240. The van der Waals surface area contributed by atoms with Gasteiger partial charge in [0.2, 0.25) is 0 Å². The predicted molar refractivity (Wildman–Crippen MR) is 117 cm³/mol. The van der Waals surface area contributed by atoms with Crippen molar-refractivity contribution < 1.29 is 33.3 Å². The van der Waals surface area contributed by atoms with E-state index in [-0.39, 0.29) is 24.8 Å². The molecule has 0 bridgehead atoms. The number of carbonyl (C=O) groups is 1. The first-order valence-corrected chi connectivity index (χ1v) is 10.4. The third-order valence-corrected chi connectivity index (χ3v) is 5.61. The van der Waals surface area contributed by atoms with E-state index < -0.39 is 24.9 Å². The van der Waals surface area contributed by atoms with Gasteiger partial charge in [0.1, 0.15) is 24.6 Å². The smallest absolute Gasteiger partial charge is 0.407 e. The van der Waals surface area contributed by atoms with Crippen LogP contribution in [0.15, 0.2) is 72.8 Å². The zero-order chi connectivity index (χ0) is 23.4. The molecule has 2 unspecified atom stereocenters. The highest BCUT2D eigenvalue weighted by molar-refractivity contribution is 5.79. The summed E-state index contributed by atoms with van der Waals surface area (Å²) in [5.74, 6) is -0.153. The minimum Gasteiger partial charge on any atom is -0.449 e. The van der Waals surface area contributed by atoms with E-state index in [0.717, 1.165) is 22.3 Å². The van der Waals surface area contributed by atoms with E-state index in [1.54, 1.807) is 0 Å². The zero-order valence-electron chi connectivity index (χ0n) is 17.5. The summed E-state index contributed by atoms with van der Waals surface area (Å²) in [5, 5.41) is 22.9. The molecule has 0 heterocycles. The Bertz CT molecular complexity index is 1060. The molecular formula is C25H23F2NO5. The van der Waals surface area contributed by atoms with Crippen molar-refractivity contribution in [1.29, 1.82) is 0 Å². The first kappa shape index (κ1) is 22.7. The van der Waals surface area contributed by atoms with Gasteiger partial charge in [-0.1, -0.05) is 60.7 Å². The monoisotopic (exact) mass is 455 g/mol. The van der Waals surface area contributed by atoms with E-state index in [2.05, 4.69) is 10.1 Å². The lowest BCUT2D eigenvalue weighted by Gasteiger charge is -2.19. The number of ether oxygens (including phenoxy) is 2. The summed E-state index contributed by atoms with van der Waals surface area (Å²) in [4.78, 5) is 12.2. The number of amides is 1. The molecule has 1 aliphatic rings. The van der Waals surface area contributed by atoms with Crippen molar-refractivity contribution >= 4 is 6.09 Å². The van der Waals surface area contributed by atoms with Crippen LogP contribution in [0.5, 0.6) is 5.75 Å². The summed E-state index contributed by atoms with van der Waals surface area (Å²) in [7, 11) is 0. The number of rotatable bonds is 8. The molecule has 33 heavy (non-hydrogen) atoms. The number of carbonyl (C=O) groups excluding carboxylic acids is 1. The van der Waals surface area contributed by atoms with Crippen LogP contribution in [-0.4, -0.2) is 42.2 Å². The Balaban J connectivity index is 1.30. The Hall–Kier alpha value is -3.49. The van der Waals surface area contributed by atoms with Gasteiger partial charge in [-0.2, -0.15) is 8.78 Å². The summed E-state index contributed by atoms with van der Waals surface area (Å²) >= 11 is 0. The molecular weight excluding hydrogens is 432 g/mol. The van der Waals surface area contributed by atoms with E-state index in [4.69, 9.17) is 4.74 Å². The van der Waals surface area contributed by atoms with Crippen LogP contribution < -0.4 is 10.1 Å². The number of aliphatic hydroxyl groups is 2. The molecule has 4 rings (SSSR count). The Morgan fingerprint density at radius 1 is 0.909 bits per heavy atom. The van der Waals surface area contributed by atoms with Crippen LogP contribution in [0.3, 0.4) is 0 Å². The second-order valence-electron chi connectivity index (χ2n) is 7.67. The number of hydrogen-bond donors (Lipinski definition) is 3. The van der Waals surface area contributed by atoms with Crippen LogP contribution in [0.1, 0.15) is 28.7 Å². The molecule has 0 aliphatic heterocycles. The Labute approximate surface area is 189 Å². The average Bonchev–Trinajstić information content (AvgIpc) is 3.14. The SMILES string of the molecule is O=C(NCC(O)C(O)c1ccc(OC(F)F)cc1)OCC1c2ccccc2-c2ccccc21. The van der Waals surface area contributed by atoms with Crippen molar-refractivity contribution in [1.82, 2.24) is 5.32 Å². The maximum atomic E-state index is 12.2. The van der Waals surface area contributed by atoms with Crippen molar-refractivity contribution in [2.24, 2.45) is 0 Å². The molecule has 0 saturated heterocycles. The highest BCUT2D eigenvalue weighted by Crippen LogP contribution is 2.44. The summed E-state index contributed by atoms with van der Waals surface area (Å²) in [6.07, 6.45) is -3.38. The van der Waals surface area contributed by atoms with Crippen LogP contribution in [0.25, 0.3) is 11.1 Å². The first-order valence-electron chi connectivity index (χ1n) is 10.4. The van der Waals surface area contributed by atoms with Crippen LogP contribution in [0, 0.1) is 0 Å². The van der Waals surface area contributed by atoms with E-state index >= 15 is 0 Å². The van der Waals surface area contributed by atoms with Gasteiger partial charge in [0, 0.05) is 12.5 Å². The lowest BCUT2D eigenvalue weighted by molar-refractivity contribution is -0.0499.